The van der Waals surface area contributed by atoms with Gasteiger partial charge in [-0.1, -0.05) is 0 Å². The summed E-state index contributed by atoms with van der Waals surface area (Å²) in [5.74, 6) is -0.337. The predicted molar refractivity (Wildman–Crippen MR) is 61.2 cm³/mol. The number of pyridine rings is 1. The van der Waals surface area contributed by atoms with Crippen LogP contribution in [0.3, 0.4) is 0 Å². The molecule has 2 nitrogen and oxygen atoms in total. The number of hydrogen-bond acceptors (Lipinski definition) is 1. The van der Waals surface area contributed by atoms with Gasteiger partial charge in [-0.3, -0.25) is 4.79 Å². The predicted octanol–water partition coefficient (Wildman–Crippen LogP) is 2.78. The molecule has 1 aliphatic rings. The van der Waals surface area contributed by atoms with Crippen LogP contribution < -0.4 is 5.43 Å². The topological polar surface area (TPSA) is 22.0 Å². The number of halogens is 1. The van der Waals surface area contributed by atoms with E-state index in [1.54, 1.807) is 0 Å². The zero-order chi connectivity index (χ0) is 11.3. The Labute approximate surface area is 92.3 Å². The monoisotopic (exact) mass is 217 g/mol. The largest absolute Gasteiger partial charge is 0.344 e. The van der Waals surface area contributed by atoms with Crippen molar-refractivity contribution in [3.8, 4) is 0 Å². The van der Waals surface area contributed by atoms with Crippen molar-refractivity contribution in [2.45, 2.75) is 25.8 Å². The van der Waals surface area contributed by atoms with Crippen molar-refractivity contribution < 1.29 is 4.39 Å². The molecule has 0 amide bonds. The first kappa shape index (κ1) is 9.58. The SMILES string of the molecule is Cc1cc(F)cc2c(=O)ccn(C3CC3)c12. The first-order valence-electron chi connectivity index (χ1n) is 5.48. The van der Waals surface area contributed by atoms with Crippen LogP contribution in [0.4, 0.5) is 4.39 Å². The lowest BCUT2D eigenvalue weighted by Gasteiger charge is -2.11. The van der Waals surface area contributed by atoms with E-state index in [0.717, 1.165) is 23.9 Å². The molecule has 3 rings (SSSR count). The summed E-state index contributed by atoms with van der Waals surface area (Å²) in [7, 11) is 0. The quantitative estimate of drug-likeness (QED) is 0.720. The van der Waals surface area contributed by atoms with Crippen LogP contribution in [-0.2, 0) is 0 Å². The van der Waals surface area contributed by atoms with E-state index in [0.29, 0.717) is 11.4 Å². The number of benzene rings is 1. The van der Waals surface area contributed by atoms with Gasteiger partial charge in [-0.05, 0) is 37.5 Å². The molecule has 82 valence electrons. The van der Waals surface area contributed by atoms with E-state index in [-0.39, 0.29) is 11.2 Å². The normalized spacial score (nSPS) is 15.6. The maximum atomic E-state index is 13.3. The van der Waals surface area contributed by atoms with Gasteiger partial charge >= 0.3 is 0 Å². The smallest absolute Gasteiger partial charge is 0.189 e. The van der Waals surface area contributed by atoms with E-state index < -0.39 is 0 Å². The molecule has 0 N–H and O–H groups in total. The summed E-state index contributed by atoms with van der Waals surface area (Å²) in [6, 6.07) is 4.84. The summed E-state index contributed by atoms with van der Waals surface area (Å²) in [5, 5.41) is 0.493. The molecule has 1 aliphatic carbocycles. The highest BCUT2D eigenvalue weighted by Gasteiger charge is 2.24. The Morgan fingerprint density at radius 1 is 1.38 bits per heavy atom. The molecule has 1 aromatic carbocycles. The third-order valence-corrected chi connectivity index (χ3v) is 3.12. The molecule has 1 aromatic heterocycles. The number of nitrogens with zero attached hydrogens (tertiary/aromatic N) is 1. The van der Waals surface area contributed by atoms with Crippen LogP contribution in [0.25, 0.3) is 10.9 Å². The van der Waals surface area contributed by atoms with E-state index in [2.05, 4.69) is 4.57 Å². The molecule has 0 spiro atoms. The van der Waals surface area contributed by atoms with E-state index in [9.17, 15) is 9.18 Å². The van der Waals surface area contributed by atoms with E-state index in [4.69, 9.17) is 0 Å². The van der Waals surface area contributed by atoms with Crippen LogP contribution in [0.15, 0.2) is 29.2 Å². The lowest BCUT2D eigenvalue weighted by Crippen LogP contribution is -2.08. The van der Waals surface area contributed by atoms with Gasteiger partial charge in [0, 0.05) is 23.7 Å². The minimum Gasteiger partial charge on any atom is -0.344 e. The summed E-state index contributed by atoms with van der Waals surface area (Å²) in [6.07, 6.45) is 4.12. The highest BCUT2D eigenvalue weighted by atomic mass is 19.1. The minimum absolute atomic E-state index is 0.102. The van der Waals surface area contributed by atoms with Gasteiger partial charge in [0.2, 0.25) is 0 Å². The van der Waals surface area contributed by atoms with Crippen LogP contribution in [0.2, 0.25) is 0 Å². The summed E-state index contributed by atoms with van der Waals surface area (Å²) < 4.78 is 15.4. The van der Waals surface area contributed by atoms with Crippen molar-refractivity contribution in [3.05, 3.63) is 46.0 Å². The fourth-order valence-corrected chi connectivity index (χ4v) is 2.24. The Bertz CT molecular complexity index is 626. The molecule has 0 saturated heterocycles. The number of fused-ring (bicyclic) bond motifs is 1. The molecule has 0 atom stereocenters. The summed E-state index contributed by atoms with van der Waals surface area (Å²) in [5.41, 5.74) is 1.62. The van der Waals surface area contributed by atoms with Gasteiger partial charge in [0.05, 0.1) is 5.52 Å². The average Bonchev–Trinajstić information content (AvgIpc) is 3.03. The number of rotatable bonds is 1. The summed E-state index contributed by atoms with van der Waals surface area (Å²) in [6.45, 7) is 1.85. The van der Waals surface area contributed by atoms with Gasteiger partial charge in [0.1, 0.15) is 5.82 Å². The third-order valence-electron chi connectivity index (χ3n) is 3.12. The Morgan fingerprint density at radius 3 is 2.81 bits per heavy atom. The van der Waals surface area contributed by atoms with Gasteiger partial charge in [-0.25, -0.2) is 4.39 Å². The molecule has 1 saturated carbocycles. The number of aromatic nitrogens is 1. The summed E-state index contributed by atoms with van der Waals surface area (Å²) in [4.78, 5) is 11.7. The van der Waals surface area contributed by atoms with Crippen LogP contribution in [0.1, 0.15) is 24.4 Å². The summed E-state index contributed by atoms with van der Waals surface area (Å²) >= 11 is 0. The molecule has 0 unspecified atom stereocenters. The first-order chi connectivity index (χ1) is 7.66. The lowest BCUT2D eigenvalue weighted by molar-refractivity contribution is 0.627. The second kappa shape index (κ2) is 3.17. The molecule has 0 aliphatic heterocycles. The van der Waals surface area contributed by atoms with Crippen LogP contribution >= 0.6 is 0 Å². The lowest BCUT2D eigenvalue weighted by atomic mass is 10.1. The minimum atomic E-state index is -0.337. The van der Waals surface area contributed by atoms with Gasteiger partial charge in [0.15, 0.2) is 5.43 Å². The molecule has 3 heteroatoms. The molecule has 0 radical (unpaired) electrons. The van der Waals surface area contributed by atoms with Gasteiger partial charge in [0.25, 0.3) is 0 Å². The molecule has 1 fully saturated rings. The second-order valence-electron chi connectivity index (χ2n) is 4.44. The van der Waals surface area contributed by atoms with E-state index in [1.807, 2.05) is 13.1 Å². The molecule has 2 aromatic rings. The van der Waals surface area contributed by atoms with Crippen molar-refractivity contribution in [3.63, 3.8) is 0 Å². The van der Waals surface area contributed by atoms with Gasteiger partial charge in [-0.15, -0.1) is 0 Å². The Balaban J connectivity index is 2.46. The third kappa shape index (κ3) is 1.35. The average molecular weight is 217 g/mol. The Hall–Kier alpha value is -1.64. The van der Waals surface area contributed by atoms with Crippen LogP contribution in [0, 0.1) is 12.7 Å². The zero-order valence-corrected chi connectivity index (χ0v) is 9.03. The fraction of sp³-hybridized carbons (Fsp3) is 0.308. The first-order valence-corrected chi connectivity index (χ1v) is 5.48. The maximum absolute atomic E-state index is 13.3. The Morgan fingerprint density at radius 2 is 2.12 bits per heavy atom. The zero-order valence-electron chi connectivity index (χ0n) is 9.03. The highest BCUT2D eigenvalue weighted by molar-refractivity contribution is 5.82. The number of hydrogen-bond donors (Lipinski definition) is 0. The van der Waals surface area contributed by atoms with Crippen molar-refractivity contribution >= 4 is 10.9 Å². The second-order valence-corrected chi connectivity index (χ2v) is 4.44. The van der Waals surface area contributed by atoms with Gasteiger partial charge in [-0.2, -0.15) is 0 Å². The van der Waals surface area contributed by atoms with Crippen molar-refractivity contribution in [2.24, 2.45) is 0 Å². The molecular formula is C13H12FNO. The Kier molecular flexibility index (Phi) is 1.90. The van der Waals surface area contributed by atoms with Crippen molar-refractivity contribution in [2.75, 3.05) is 0 Å². The molecule has 1 heterocycles. The maximum Gasteiger partial charge on any atom is 0.189 e. The van der Waals surface area contributed by atoms with E-state index >= 15 is 0 Å². The van der Waals surface area contributed by atoms with Gasteiger partial charge < -0.3 is 4.57 Å². The van der Waals surface area contributed by atoms with Crippen LogP contribution in [-0.4, -0.2) is 4.57 Å². The van der Waals surface area contributed by atoms with E-state index in [1.165, 1.54) is 18.2 Å². The highest BCUT2D eigenvalue weighted by Crippen LogP contribution is 2.37. The van der Waals surface area contributed by atoms with Crippen molar-refractivity contribution in [1.82, 2.24) is 4.57 Å². The molecule has 0 bridgehead atoms. The fourth-order valence-electron chi connectivity index (χ4n) is 2.24. The van der Waals surface area contributed by atoms with Crippen molar-refractivity contribution in [1.29, 1.82) is 0 Å². The number of aryl methyl sites for hydroxylation is 1. The van der Waals surface area contributed by atoms with Crippen LogP contribution in [0.5, 0.6) is 0 Å². The molecule has 16 heavy (non-hydrogen) atoms. The molecular weight excluding hydrogens is 205 g/mol. The standard InChI is InChI=1S/C13H12FNO/c1-8-6-9(14)7-11-12(16)4-5-15(13(8)11)10-2-3-10/h4-7,10H,2-3H2,1H3.